The van der Waals surface area contributed by atoms with Gasteiger partial charge in [-0.05, 0) is 18.6 Å². The molecule has 0 saturated heterocycles. The highest BCUT2D eigenvalue weighted by molar-refractivity contribution is 8.00. The van der Waals surface area contributed by atoms with Crippen LogP contribution in [0.3, 0.4) is 0 Å². The van der Waals surface area contributed by atoms with E-state index in [2.05, 4.69) is 6.92 Å². The van der Waals surface area contributed by atoms with Crippen molar-refractivity contribution in [2.24, 2.45) is 0 Å². The van der Waals surface area contributed by atoms with Gasteiger partial charge in [-0.2, -0.15) is 0 Å². The van der Waals surface area contributed by atoms with Gasteiger partial charge in [0.05, 0.1) is 5.75 Å². The maximum atomic E-state index is 13.2. The summed E-state index contributed by atoms with van der Waals surface area (Å²) in [4.78, 5) is 12.0. The summed E-state index contributed by atoms with van der Waals surface area (Å²) in [6.45, 7) is 2.11. The van der Waals surface area contributed by atoms with E-state index in [-0.39, 0.29) is 11.6 Å². The van der Waals surface area contributed by atoms with Gasteiger partial charge in [-0.1, -0.05) is 31.9 Å². The van der Waals surface area contributed by atoms with Gasteiger partial charge in [0.25, 0.3) is 0 Å². The predicted octanol–water partition coefficient (Wildman–Crippen LogP) is 4.07. The summed E-state index contributed by atoms with van der Waals surface area (Å²) in [5.74, 6) is 0.348. The number of hydrogen-bond acceptors (Lipinski definition) is 2. The number of carbonyl (C=O) groups excluding carboxylic acids is 1. The lowest BCUT2D eigenvalue weighted by atomic mass is 10.2. The number of ketones is 1. The minimum absolute atomic E-state index is 0.210. The molecule has 0 spiro atoms. The van der Waals surface area contributed by atoms with Crippen molar-refractivity contribution in [1.29, 1.82) is 0 Å². The maximum absolute atomic E-state index is 13.2. The Morgan fingerprint density at radius 3 is 2.75 bits per heavy atom. The highest BCUT2D eigenvalue weighted by Crippen LogP contribution is 2.21. The Kier molecular flexibility index (Phi) is 6.16. The fourth-order valence-corrected chi connectivity index (χ4v) is 2.21. The van der Waals surface area contributed by atoms with Crippen LogP contribution in [0.1, 0.15) is 32.6 Å². The van der Waals surface area contributed by atoms with Crippen molar-refractivity contribution in [3.63, 3.8) is 0 Å². The van der Waals surface area contributed by atoms with Crippen LogP contribution < -0.4 is 0 Å². The molecule has 1 aromatic carbocycles. The number of unbranched alkanes of at least 4 members (excludes halogenated alkanes) is 2. The second kappa shape index (κ2) is 7.44. The Bertz CT molecular complexity index is 338. The zero-order valence-electron chi connectivity index (χ0n) is 9.54. The molecule has 0 aliphatic carbocycles. The molecule has 3 heteroatoms. The monoisotopic (exact) mass is 240 g/mol. The molecule has 0 fully saturated rings. The third-order valence-electron chi connectivity index (χ3n) is 2.28. The van der Waals surface area contributed by atoms with Crippen LogP contribution in [0.5, 0.6) is 0 Å². The molecule has 0 atom stereocenters. The molecule has 1 nitrogen and oxygen atoms in total. The minimum atomic E-state index is -0.242. The molecule has 0 N–H and O–H groups in total. The molecule has 0 saturated carbocycles. The third kappa shape index (κ3) is 4.79. The van der Waals surface area contributed by atoms with Crippen LogP contribution in [0.2, 0.25) is 0 Å². The molecule has 16 heavy (non-hydrogen) atoms. The van der Waals surface area contributed by atoms with Gasteiger partial charge in [-0.25, -0.2) is 4.39 Å². The lowest BCUT2D eigenvalue weighted by Gasteiger charge is -2.02. The lowest BCUT2D eigenvalue weighted by molar-refractivity contribution is -0.116. The van der Waals surface area contributed by atoms with Crippen LogP contribution >= 0.6 is 11.8 Å². The lowest BCUT2D eigenvalue weighted by Crippen LogP contribution is -2.01. The van der Waals surface area contributed by atoms with Crippen LogP contribution in [-0.4, -0.2) is 11.5 Å². The van der Waals surface area contributed by atoms with E-state index >= 15 is 0 Å². The SMILES string of the molecule is CCCCCC(=O)CSc1ccccc1F. The average molecular weight is 240 g/mol. The minimum Gasteiger partial charge on any atom is -0.299 e. The molecule has 0 aliphatic rings. The van der Waals surface area contributed by atoms with Gasteiger partial charge in [-0.3, -0.25) is 4.79 Å². The Hall–Kier alpha value is -0.830. The van der Waals surface area contributed by atoms with E-state index < -0.39 is 0 Å². The van der Waals surface area contributed by atoms with Gasteiger partial charge >= 0.3 is 0 Å². The molecular weight excluding hydrogens is 223 g/mol. The van der Waals surface area contributed by atoms with E-state index in [1.807, 2.05) is 0 Å². The van der Waals surface area contributed by atoms with E-state index in [0.29, 0.717) is 17.1 Å². The molecule has 0 unspecified atom stereocenters. The first-order valence-corrected chi connectivity index (χ1v) is 6.61. The molecular formula is C13H17FOS. The van der Waals surface area contributed by atoms with Crippen molar-refractivity contribution < 1.29 is 9.18 Å². The van der Waals surface area contributed by atoms with Gasteiger partial charge in [-0.15, -0.1) is 11.8 Å². The van der Waals surface area contributed by atoms with Crippen LogP contribution in [0.15, 0.2) is 29.2 Å². The van der Waals surface area contributed by atoms with Crippen molar-refractivity contribution >= 4 is 17.5 Å². The Morgan fingerprint density at radius 1 is 1.31 bits per heavy atom. The van der Waals surface area contributed by atoms with Crippen molar-refractivity contribution in [2.75, 3.05) is 5.75 Å². The zero-order chi connectivity index (χ0) is 11.8. The molecule has 1 aromatic rings. The molecule has 0 radical (unpaired) electrons. The summed E-state index contributed by atoms with van der Waals surface area (Å²) in [6.07, 6.45) is 3.78. The van der Waals surface area contributed by atoms with Gasteiger partial charge in [0.15, 0.2) is 0 Å². The first-order valence-electron chi connectivity index (χ1n) is 5.63. The van der Waals surface area contributed by atoms with E-state index in [4.69, 9.17) is 0 Å². The summed E-state index contributed by atoms with van der Waals surface area (Å²) >= 11 is 1.29. The molecule has 1 rings (SSSR count). The van der Waals surface area contributed by atoms with Gasteiger partial charge in [0.1, 0.15) is 11.6 Å². The smallest absolute Gasteiger partial charge is 0.143 e. The molecule has 0 bridgehead atoms. The number of rotatable bonds is 7. The number of carbonyl (C=O) groups is 1. The second-order valence-corrected chi connectivity index (χ2v) is 4.73. The zero-order valence-corrected chi connectivity index (χ0v) is 10.4. The Morgan fingerprint density at radius 2 is 2.06 bits per heavy atom. The molecule has 88 valence electrons. The Balaban J connectivity index is 2.29. The van der Waals surface area contributed by atoms with Gasteiger partial charge in [0.2, 0.25) is 0 Å². The summed E-state index contributed by atoms with van der Waals surface area (Å²) in [7, 11) is 0. The quantitative estimate of drug-likeness (QED) is 0.528. The summed E-state index contributed by atoms with van der Waals surface area (Å²) < 4.78 is 13.2. The highest BCUT2D eigenvalue weighted by Gasteiger charge is 2.05. The molecule has 0 aromatic heterocycles. The summed E-state index contributed by atoms with van der Waals surface area (Å²) in [5, 5.41) is 0. The van der Waals surface area contributed by atoms with E-state index in [1.54, 1.807) is 18.2 Å². The standard InChI is InChI=1S/C13H17FOS/c1-2-3-4-7-11(15)10-16-13-9-6-5-8-12(13)14/h5-6,8-9H,2-4,7,10H2,1H3. The molecule has 0 aliphatic heterocycles. The van der Waals surface area contributed by atoms with E-state index in [9.17, 15) is 9.18 Å². The first kappa shape index (κ1) is 13.2. The highest BCUT2D eigenvalue weighted by atomic mass is 32.2. The van der Waals surface area contributed by atoms with E-state index in [0.717, 1.165) is 19.3 Å². The van der Waals surface area contributed by atoms with Gasteiger partial charge < -0.3 is 0 Å². The van der Waals surface area contributed by atoms with Crippen LogP contribution in [-0.2, 0) is 4.79 Å². The van der Waals surface area contributed by atoms with Crippen LogP contribution in [0.4, 0.5) is 4.39 Å². The predicted molar refractivity (Wildman–Crippen MR) is 66.3 cm³/mol. The molecule has 0 heterocycles. The number of benzene rings is 1. The average Bonchev–Trinajstić information content (AvgIpc) is 2.28. The van der Waals surface area contributed by atoms with Crippen molar-refractivity contribution in [2.45, 2.75) is 37.5 Å². The third-order valence-corrected chi connectivity index (χ3v) is 3.39. The largest absolute Gasteiger partial charge is 0.299 e. The van der Waals surface area contributed by atoms with Crippen LogP contribution in [0.25, 0.3) is 0 Å². The second-order valence-electron chi connectivity index (χ2n) is 3.71. The fourth-order valence-electron chi connectivity index (χ4n) is 1.36. The number of hydrogen-bond donors (Lipinski definition) is 0. The summed E-state index contributed by atoms with van der Waals surface area (Å²) in [6, 6.07) is 6.57. The van der Waals surface area contributed by atoms with E-state index in [1.165, 1.54) is 17.8 Å². The Labute approximate surface area is 100 Å². The fraction of sp³-hybridized carbons (Fsp3) is 0.462. The number of Topliss-reactive ketones (excluding diaryl/α,β-unsaturated/α-hetero) is 1. The normalized spacial score (nSPS) is 10.4. The number of halogens is 1. The van der Waals surface area contributed by atoms with Crippen molar-refractivity contribution in [3.8, 4) is 0 Å². The topological polar surface area (TPSA) is 17.1 Å². The van der Waals surface area contributed by atoms with Crippen molar-refractivity contribution in [1.82, 2.24) is 0 Å². The van der Waals surface area contributed by atoms with Gasteiger partial charge in [0, 0.05) is 11.3 Å². The summed E-state index contributed by atoms with van der Waals surface area (Å²) in [5.41, 5.74) is 0. The van der Waals surface area contributed by atoms with Crippen LogP contribution in [0, 0.1) is 5.82 Å². The first-order chi connectivity index (χ1) is 7.74. The molecule has 0 amide bonds. The number of thioether (sulfide) groups is 1. The van der Waals surface area contributed by atoms with Crippen molar-refractivity contribution in [3.05, 3.63) is 30.1 Å². The maximum Gasteiger partial charge on any atom is 0.143 e.